The SMILES string of the molecule is COc1ccc(OC)c(C2C3=C(CC(C)(C)CC3=O)Nc3ccccc3N2CC(=O)NCCc2ccc(O)cc2)c1. The first kappa shape index (κ1) is 28.1. The minimum absolute atomic E-state index is 0.0206. The normalized spacial score (nSPS) is 17.6. The number of para-hydroxylation sites is 2. The molecular weight excluding hydrogens is 518 g/mol. The van der Waals surface area contributed by atoms with E-state index in [0.717, 1.165) is 28.2 Å². The van der Waals surface area contributed by atoms with E-state index in [0.29, 0.717) is 42.9 Å². The number of allylic oxidation sites excluding steroid dienone is 1. The van der Waals surface area contributed by atoms with Crippen molar-refractivity contribution in [2.24, 2.45) is 5.41 Å². The third-order valence-corrected chi connectivity index (χ3v) is 7.72. The Morgan fingerprint density at radius 2 is 1.80 bits per heavy atom. The minimum Gasteiger partial charge on any atom is -0.508 e. The lowest BCUT2D eigenvalue weighted by Gasteiger charge is -2.38. The summed E-state index contributed by atoms with van der Waals surface area (Å²) in [5.74, 6) is 1.33. The maximum atomic E-state index is 14.0. The van der Waals surface area contributed by atoms with Crippen LogP contribution in [-0.2, 0) is 16.0 Å². The quantitative estimate of drug-likeness (QED) is 0.343. The number of anilines is 2. The summed E-state index contributed by atoms with van der Waals surface area (Å²) in [6.45, 7) is 4.67. The number of hydrogen-bond acceptors (Lipinski definition) is 7. The lowest BCUT2D eigenvalue weighted by molar-refractivity contribution is -0.120. The van der Waals surface area contributed by atoms with E-state index in [4.69, 9.17) is 9.47 Å². The maximum Gasteiger partial charge on any atom is 0.239 e. The van der Waals surface area contributed by atoms with Crippen LogP contribution in [0.2, 0.25) is 0 Å². The van der Waals surface area contributed by atoms with Gasteiger partial charge in [-0.3, -0.25) is 9.59 Å². The van der Waals surface area contributed by atoms with Crippen LogP contribution in [-0.4, -0.2) is 44.1 Å². The van der Waals surface area contributed by atoms with Gasteiger partial charge < -0.3 is 30.1 Å². The molecule has 3 aromatic carbocycles. The van der Waals surface area contributed by atoms with Crippen molar-refractivity contribution in [3.05, 3.63) is 89.1 Å². The van der Waals surface area contributed by atoms with E-state index in [9.17, 15) is 14.7 Å². The average Bonchev–Trinajstić information content (AvgIpc) is 3.07. The van der Waals surface area contributed by atoms with E-state index in [2.05, 4.69) is 24.5 Å². The maximum absolute atomic E-state index is 14.0. The Morgan fingerprint density at radius 3 is 2.54 bits per heavy atom. The molecule has 0 fully saturated rings. The van der Waals surface area contributed by atoms with Crippen LogP contribution in [0.1, 0.15) is 43.9 Å². The van der Waals surface area contributed by atoms with Crippen LogP contribution >= 0.6 is 0 Å². The number of nitrogens with one attached hydrogen (secondary N) is 2. The minimum atomic E-state index is -0.586. The van der Waals surface area contributed by atoms with Gasteiger partial charge in [0.2, 0.25) is 5.91 Å². The summed E-state index contributed by atoms with van der Waals surface area (Å²) < 4.78 is 11.4. The standard InChI is InChI=1S/C33H37N3O5/c1-33(2)18-26-31(28(38)19-33)32(24-17-23(40-3)13-14-29(24)41-4)36(27-8-6-5-7-25(27)35-26)20-30(39)34-16-15-21-9-11-22(37)12-10-21/h5-14,17,32,35,37H,15-16,18-20H2,1-4H3,(H,34,39). The molecule has 5 rings (SSSR count). The Hall–Kier alpha value is -4.46. The van der Waals surface area contributed by atoms with Crippen LogP contribution in [0.4, 0.5) is 11.4 Å². The lowest BCUT2D eigenvalue weighted by Crippen LogP contribution is -2.42. The highest BCUT2D eigenvalue weighted by Gasteiger charge is 2.42. The Labute approximate surface area is 241 Å². The summed E-state index contributed by atoms with van der Waals surface area (Å²) in [4.78, 5) is 29.5. The second kappa shape index (κ2) is 11.6. The number of amides is 1. The van der Waals surface area contributed by atoms with Crippen molar-refractivity contribution in [1.29, 1.82) is 0 Å². The molecule has 1 unspecified atom stereocenters. The summed E-state index contributed by atoms with van der Waals surface area (Å²) in [5.41, 5.74) is 4.72. The van der Waals surface area contributed by atoms with Gasteiger partial charge in [-0.1, -0.05) is 38.1 Å². The number of methoxy groups -OCH3 is 2. The average molecular weight is 556 g/mol. The van der Waals surface area contributed by atoms with E-state index < -0.39 is 6.04 Å². The largest absolute Gasteiger partial charge is 0.508 e. The Bertz CT molecular complexity index is 1480. The number of phenols is 1. The Morgan fingerprint density at radius 1 is 1.05 bits per heavy atom. The van der Waals surface area contributed by atoms with Gasteiger partial charge in [0.25, 0.3) is 0 Å². The molecule has 1 aliphatic heterocycles. The second-order valence-electron chi connectivity index (χ2n) is 11.4. The molecule has 8 heteroatoms. The first-order valence-electron chi connectivity index (χ1n) is 13.8. The predicted octanol–water partition coefficient (Wildman–Crippen LogP) is 5.38. The van der Waals surface area contributed by atoms with E-state index >= 15 is 0 Å². The van der Waals surface area contributed by atoms with E-state index in [-0.39, 0.29) is 29.4 Å². The Balaban J connectivity index is 1.57. The van der Waals surface area contributed by atoms with Crippen LogP contribution in [0.5, 0.6) is 17.2 Å². The van der Waals surface area contributed by atoms with Gasteiger partial charge in [0.1, 0.15) is 17.2 Å². The van der Waals surface area contributed by atoms with E-state index in [1.165, 1.54) is 0 Å². The van der Waals surface area contributed by atoms with Gasteiger partial charge in [-0.2, -0.15) is 0 Å². The first-order valence-corrected chi connectivity index (χ1v) is 13.8. The number of ether oxygens (including phenoxy) is 2. The zero-order valence-electron chi connectivity index (χ0n) is 24.0. The molecule has 41 heavy (non-hydrogen) atoms. The van der Waals surface area contributed by atoms with Crippen molar-refractivity contribution in [3.63, 3.8) is 0 Å². The molecule has 214 valence electrons. The molecule has 1 aliphatic carbocycles. The van der Waals surface area contributed by atoms with Crippen LogP contribution in [0.15, 0.2) is 78.0 Å². The van der Waals surface area contributed by atoms with Gasteiger partial charge in [-0.05, 0) is 66.3 Å². The highest BCUT2D eigenvalue weighted by molar-refractivity contribution is 6.02. The van der Waals surface area contributed by atoms with Gasteiger partial charge >= 0.3 is 0 Å². The number of benzene rings is 3. The Kier molecular flexibility index (Phi) is 7.92. The highest BCUT2D eigenvalue weighted by Crippen LogP contribution is 2.50. The number of aromatic hydroxyl groups is 1. The van der Waals surface area contributed by atoms with Gasteiger partial charge in [0.15, 0.2) is 5.78 Å². The van der Waals surface area contributed by atoms with Crippen LogP contribution in [0.3, 0.4) is 0 Å². The lowest BCUT2D eigenvalue weighted by atomic mass is 9.73. The van der Waals surface area contributed by atoms with Gasteiger partial charge in [0, 0.05) is 29.8 Å². The van der Waals surface area contributed by atoms with Gasteiger partial charge in [0.05, 0.1) is 38.2 Å². The number of hydrogen-bond donors (Lipinski definition) is 3. The topological polar surface area (TPSA) is 100 Å². The van der Waals surface area contributed by atoms with Crippen LogP contribution < -0.4 is 25.0 Å². The number of rotatable bonds is 8. The third kappa shape index (κ3) is 6.01. The molecule has 3 N–H and O–H groups in total. The molecule has 0 spiro atoms. The molecule has 0 aromatic heterocycles. The van der Waals surface area contributed by atoms with E-state index in [1.54, 1.807) is 26.4 Å². The highest BCUT2D eigenvalue weighted by atomic mass is 16.5. The zero-order chi connectivity index (χ0) is 29.1. The van der Waals surface area contributed by atoms with Gasteiger partial charge in [-0.15, -0.1) is 0 Å². The molecule has 0 radical (unpaired) electrons. The zero-order valence-corrected chi connectivity index (χ0v) is 24.0. The number of phenolic OH excluding ortho intramolecular Hbond substituents is 1. The number of fused-ring (bicyclic) bond motifs is 1. The molecular formula is C33H37N3O5. The predicted molar refractivity (Wildman–Crippen MR) is 160 cm³/mol. The first-order chi connectivity index (χ1) is 19.7. The molecule has 3 aromatic rings. The second-order valence-corrected chi connectivity index (χ2v) is 11.4. The molecule has 8 nitrogen and oxygen atoms in total. The number of nitrogens with zero attached hydrogens (tertiary/aromatic N) is 1. The molecule has 1 heterocycles. The summed E-state index contributed by atoms with van der Waals surface area (Å²) in [5, 5.41) is 16.2. The van der Waals surface area contributed by atoms with E-state index in [1.807, 2.05) is 59.5 Å². The summed E-state index contributed by atoms with van der Waals surface area (Å²) in [7, 11) is 3.21. The molecule has 0 bridgehead atoms. The van der Waals surface area contributed by atoms with Crippen molar-refractivity contribution in [2.75, 3.05) is 37.5 Å². The van der Waals surface area contributed by atoms with Gasteiger partial charge in [-0.25, -0.2) is 0 Å². The smallest absolute Gasteiger partial charge is 0.239 e. The number of ketones is 1. The van der Waals surface area contributed by atoms with Crippen molar-refractivity contribution in [3.8, 4) is 17.2 Å². The van der Waals surface area contributed by atoms with Crippen LogP contribution in [0, 0.1) is 5.41 Å². The molecule has 1 amide bonds. The summed E-state index contributed by atoms with van der Waals surface area (Å²) >= 11 is 0. The van der Waals surface area contributed by atoms with Crippen molar-refractivity contribution in [1.82, 2.24) is 5.32 Å². The monoisotopic (exact) mass is 555 g/mol. The number of carbonyl (C=O) groups is 2. The molecule has 0 saturated heterocycles. The number of Topliss-reactive ketones (excluding diaryl/α,β-unsaturated/α-hetero) is 1. The fraction of sp³-hybridized carbons (Fsp3) is 0.333. The molecule has 0 saturated carbocycles. The van der Waals surface area contributed by atoms with Crippen molar-refractivity contribution < 1.29 is 24.2 Å². The molecule has 1 atom stereocenters. The third-order valence-electron chi connectivity index (χ3n) is 7.72. The number of carbonyl (C=O) groups excluding carboxylic acids is 2. The fourth-order valence-electron chi connectivity index (χ4n) is 5.82. The van der Waals surface area contributed by atoms with Crippen molar-refractivity contribution in [2.45, 2.75) is 39.2 Å². The van der Waals surface area contributed by atoms with Crippen LogP contribution in [0.25, 0.3) is 0 Å². The summed E-state index contributed by atoms with van der Waals surface area (Å²) in [6.07, 6.45) is 1.72. The van der Waals surface area contributed by atoms with Crippen molar-refractivity contribution >= 4 is 23.1 Å². The summed E-state index contributed by atoms with van der Waals surface area (Å²) in [6, 6.07) is 19.8. The fourth-order valence-corrected chi connectivity index (χ4v) is 5.82. The molecule has 2 aliphatic rings.